The van der Waals surface area contributed by atoms with E-state index in [-0.39, 0.29) is 5.91 Å². The maximum absolute atomic E-state index is 11.1. The standard InChI is InChI=1S/C16H25N3O/c1-12-9-14(10-17)3-4-15(12)11-19-7-5-16(6-8-19)18-13(2)20/h3-4,9,16H,5-8,10-11,17H2,1-2H3,(H,18,20). The van der Waals surface area contributed by atoms with Crippen molar-refractivity contribution < 1.29 is 4.79 Å². The first-order valence-corrected chi connectivity index (χ1v) is 7.36. The highest BCUT2D eigenvalue weighted by molar-refractivity contribution is 5.73. The molecule has 2 rings (SSSR count). The summed E-state index contributed by atoms with van der Waals surface area (Å²) in [5.74, 6) is 0.0802. The van der Waals surface area contributed by atoms with Crippen LogP contribution in [0.1, 0.15) is 36.5 Å². The average Bonchev–Trinajstić information content (AvgIpc) is 2.42. The van der Waals surface area contributed by atoms with E-state index in [1.807, 2.05) is 0 Å². The van der Waals surface area contributed by atoms with Gasteiger partial charge in [-0.3, -0.25) is 9.69 Å². The fourth-order valence-corrected chi connectivity index (χ4v) is 2.83. The molecule has 0 aromatic heterocycles. The molecule has 1 heterocycles. The predicted octanol–water partition coefficient (Wildman–Crippen LogP) is 1.55. The first-order chi connectivity index (χ1) is 9.58. The van der Waals surface area contributed by atoms with Crippen molar-refractivity contribution in [3.05, 3.63) is 34.9 Å². The Morgan fingerprint density at radius 3 is 2.65 bits per heavy atom. The Morgan fingerprint density at radius 1 is 1.40 bits per heavy atom. The van der Waals surface area contributed by atoms with Crippen molar-refractivity contribution in [3.63, 3.8) is 0 Å². The van der Waals surface area contributed by atoms with E-state index in [4.69, 9.17) is 5.73 Å². The second kappa shape index (κ2) is 6.86. The van der Waals surface area contributed by atoms with Crippen molar-refractivity contribution in [2.45, 2.75) is 45.8 Å². The van der Waals surface area contributed by atoms with Crippen molar-refractivity contribution in [1.82, 2.24) is 10.2 Å². The lowest BCUT2D eigenvalue weighted by Crippen LogP contribution is -2.43. The molecule has 0 atom stereocenters. The van der Waals surface area contributed by atoms with Crippen LogP contribution in [0, 0.1) is 6.92 Å². The Labute approximate surface area is 121 Å². The molecule has 1 aromatic carbocycles. The van der Waals surface area contributed by atoms with Gasteiger partial charge in [0.25, 0.3) is 0 Å². The molecular weight excluding hydrogens is 250 g/mol. The van der Waals surface area contributed by atoms with Crippen LogP contribution in [0.25, 0.3) is 0 Å². The SMILES string of the molecule is CC(=O)NC1CCN(Cc2ccc(CN)cc2C)CC1. The normalized spacial score (nSPS) is 17.1. The number of amides is 1. The zero-order chi connectivity index (χ0) is 14.5. The predicted molar refractivity (Wildman–Crippen MR) is 81.2 cm³/mol. The highest BCUT2D eigenvalue weighted by Crippen LogP contribution is 2.17. The van der Waals surface area contributed by atoms with E-state index in [9.17, 15) is 4.79 Å². The molecule has 110 valence electrons. The van der Waals surface area contributed by atoms with Gasteiger partial charge in [0.05, 0.1) is 0 Å². The van der Waals surface area contributed by atoms with Crippen LogP contribution in [0.15, 0.2) is 18.2 Å². The first-order valence-electron chi connectivity index (χ1n) is 7.36. The van der Waals surface area contributed by atoms with Gasteiger partial charge in [0, 0.05) is 39.1 Å². The van der Waals surface area contributed by atoms with Crippen LogP contribution in [0.3, 0.4) is 0 Å². The Kier molecular flexibility index (Phi) is 5.15. The molecule has 1 saturated heterocycles. The molecule has 1 aliphatic heterocycles. The van der Waals surface area contributed by atoms with Crippen LogP contribution in [0.4, 0.5) is 0 Å². The molecular formula is C16H25N3O. The number of likely N-dealkylation sites (tertiary alicyclic amines) is 1. The summed E-state index contributed by atoms with van der Waals surface area (Å²) in [7, 11) is 0. The lowest BCUT2D eigenvalue weighted by molar-refractivity contribution is -0.119. The minimum absolute atomic E-state index is 0.0802. The van der Waals surface area contributed by atoms with E-state index in [2.05, 4.69) is 35.3 Å². The average molecular weight is 275 g/mol. The maximum atomic E-state index is 11.1. The van der Waals surface area contributed by atoms with Gasteiger partial charge in [0.1, 0.15) is 0 Å². The van der Waals surface area contributed by atoms with Crippen molar-refractivity contribution in [2.24, 2.45) is 5.73 Å². The van der Waals surface area contributed by atoms with E-state index in [0.717, 1.165) is 32.5 Å². The monoisotopic (exact) mass is 275 g/mol. The van der Waals surface area contributed by atoms with E-state index >= 15 is 0 Å². The number of nitrogens with zero attached hydrogens (tertiary/aromatic N) is 1. The van der Waals surface area contributed by atoms with Gasteiger partial charge in [-0.25, -0.2) is 0 Å². The largest absolute Gasteiger partial charge is 0.354 e. The fourth-order valence-electron chi connectivity index (χ4n) is 2.83. The van der Waals surface area contributed by atoms with Gasteiger partial charge in [-0.15, -0.1) is 0 Å². The van der Waals surface area contributed by atoms with Crippen LogP contribution in [-0.4, -0.2) is 29.9 Å². The molecule has 0 unspecified atom stereocenters. The van der Waals surface area contributed by atoms with Crippen LogP contribution in [0.2, 0.25) is 0 Å². The molecule has 0 aliphatic carbocycles. The summed E-state index contributed by atoms with van der Waals surface area (Å²) in [4.78, 5) is 13.5. The quantitative estimate of drug-likeness (QED) is 0.876. The van der Waals surface area contributed by atoms with E-state index < -0.39 is 0 Å². The van der Waals surface area contributed by atoms with E-state index in [0.29, 0.717) is 12.6 Å². The van der Waals surface area contributed by atoms with Gasteiger partial charge in [0.15, 0.2) is 0 Å². The molecule has 0 saturated carbocycles. The third-order valence-corrected chi connectivity index (χ3v) is 4.03. The minimum atomic E-state index is 0.0802. The number of aryl methyl sites for hydroxylation is 1. The number of benzene rings is 1. The fraction of sp³-hybridized carbons (Fsp3) is 0.562. The summed E-state index contributed by atoms with van der Waals surface area (Å²) in [5, 5.41) is 3.01. The Hall–Kier alpha value is -1.39. The van der Waals surface area contributed by atoms with Crippen LogP contribution in [0.5, 0.6) is 0 Å². The highest BCUT2D eigenvalue weighted by Gasteiger charge is 2.19. The molecule has 0 radical (unpaired) electrons. The summed E-state index contributed by atoms with van der Waals surface area (Å²) in [6, 6.07) is 6.84. The van der Waals surface area contributed by atoms with Crippen molar-refractivity contribution >= 4 is 5.91 Å². The molecule has 4 nitrogen and oxygen atoms in total. The van der Waals surface area contributed by atoms with E-state index in [1.54, 1.807) is 6.92 Å². The van der Waals surface area contributed by atoms with Gasteiger partial charge < -0.3 is 11.1 Å². The van der Waals surface area contributed by atoms with Crippen LogP contribution in [-0.2, 0) is 17.9 Å². The number of carbonyl (C=O) groups is 1. The second-order valence-corrected chi connectivity index (χ2v) is 5.72. The topological polar surface area (TPSA) is 58.4 Å². The molecule has 0 bridgehead atoms. The molecule has 1 fully saturated rings. The van der Waals surface area contributed by atoms with Crippen LogP contribution < -0.4 is 11.1 Å². The van der Waals surface area contributed by atoms with Gasteiger partial charge in [-0.05, 0) is 36.5 Å². The highest BCUT2D eigenvalue weighted by atomic mass is 16.1. The third kappa shape index (κ3) is 4.05. The molecule has 20 heavy (non-hydrogen) atoms. The maximum Gasteiger partial charge on any atom is 0.217 e. The number of rotatable bonds is 4. The number of nitrogens with two attached hydrogens (primary N) is 1. The molecule has 1 amide bonds. The number of carbonyl (C=O) groups excluding carboxylic acids is 1. The Balaban J connectivity index is 1.88. The lowest BCUT2D eigenvalue weighted by Gasteiger charge is -2.32. The van der Waals surface area contributed by atoms with Gasteiger partial charge in [-0.1, -0.05) is 18.2 Å². The number of hydrogen-bond donors (Lipinski definition) is 2. The molecule has 1 aromatic rings. The van der Waals surface area contributed by atoms with Crippen LogP contribution >= 0.6 is 0 Å². The van der Waals surface area contributed by atoms with Gasteiger partial charge >= 0.3 is 0 Å². The van der Waals surface area contributed by atoms with Gasteiger partial charge in [0.2, 0.25) is 5.91 Å². The van der Waals surface area contributed by atoms with Gasteiger partial charge in [-0.2, -0.15) is 0 Å². The molecule has 4 heteroatoms. The summed E-state index contributed by atoms with van der Waals surface area (Å²) < 4.78 is 0. The van der Waals surface area contributed by atoms with Crippen molar-refractivity contribution in [2.75, 3.05) is 13.1 Å². The lowest BCUT2D eigenvalue weighted by atomic mass is 10.0. The molecule has 0 spiro atoms. The third-order valence-electron chi connectivity index (χ3n) is 4.03. The summed E-state index contributed by atoms with van der Waals surface area (Å²) in [6.45, 7) is 7.42. The van der Waals surface area contributed by atoms with E-state index in [1.165, 1.54) is 16.7 Å². The summed E-state index contributed by atoms with van der Waals surface area (Å²) >= 11 is 0. The minimum Gasteiger partial charge on any atom is -0.354 e. The zero-order valence-corrected chi connectivity index (χ0v) is 12.5. The number of hydrogen-bond acceptors (Lipinski definition) is 3. The van der Waals surface area contributed by atoms with Crippen molar-refractivity contribution in [3.8, 4) is 0 Å². The summed E-state index contributed by atoms with van der Waals surface area (Å²) in [6.07, 6.45) is 2.08. The van der Waals surface area contributed by atoms with Crippen molar-refractivity contribution in [1.29, 1.82) is 0 Å². The summed E-state index contributed by atoms with van der Waals surface area (Å²) in [5.41, 5.74) is 9.55. The number of piperidine rings is 1. The zero-order valence-electron chi connectivity index (χ0n) is 12.5. The molecule has 3 N–H and O–H groups in total. The second-order valence-electron chi connectivity index (χ2n) is 5.72. The first kappa shape index (κ1) is 15.0. The number of nitrogens with one attached hydrogen (secondary N) is 1. The Bertz CT molecular complexity index is 465. The smallest absolute Gasteiger partial charge is 0.217 e. The Morgan fingerprint density at radius 2 is 2.10 bits per heavy atom. The molecule has 1 aliphatic rings.